The Morgan fingerprint density at radius 1 is 1.09 bits per heavy atom. The Labute approximate surface area is 197 Å². The first-order valence-corrected chi connectivity index (χ1v) is 11.7. The smallest absolute Gasteiger partial charge is 0.410 e. The predicted octanol–water partition coefficient (Wildman–Crippen LogP) is 5.02. The quantitative estimate of drug-likeness (QED) is 0.539. The number of halogens is 2. The number of carbonyl (C=O) groups excluding carboxylic acids is 1. The third-order valence-corrected chi connectivity index (χ3v) is 6.29. The molecule has 1 aromatic carbocycles. The Hall–Kier alpha value is -3.23. The van der Waals surface area contributed by atoms with Crippen molar-refractivity contribution in [3.63, 3.8) is 0 Å². The lowest BCUT2D eigenvalue weighted by Gasteiger charge is -2.40. The van der Waals surface area contributed by atoms with Crippen molar-refractivity contribution in [3.05, 3.63) is 47.9 Å². The number of rotatable bonds is 3. The van der Waals surface area contributed by atoms with E-state index >= 15 is 0 Å². The van der Waals surface area contributed by atoms with E-state index in [1.807, 2.05) is 33.9 Å². The molecule has 0 radical (unpaired) electrons. The van der Waals surface area contributed by atoms with Crippen molar-refractivity contribution in [2.45, 2.75) is 58.1 Å². The van der Waals surface area contributed by atoms with Crippen molar-refractivity contribution >= 4 is 22.9 Å². The maximum atomic E-state index is 14.0. The highest BCUT2D eigenvalue weighted by Crippen LogP contribution is 2.46. The molecule has 3 aromatic rings. The van der Waals surface area contributed by atoms with Crippen molar-refractivity contribution in [2.24, 2.45) is 0 Å². The summed E-state index contributed by atoms with van der Waals surface area (Å²) in [5.74, 6) is -0.0945. The number of anilines is 1. The number of fused-ring (bicyclic) bond motifs is 1. The first-order valence-electron chi connectivity index (χ1n) is 11.7. The van der Waals surface area contributed by atoms with Gasteiger partial charge in [0.2, 0.25) is 0 Å². The lowest BCUT2D eigenvalue weighted by molar-refractivity contribution is 0.0159. The molecule has 7 nitrogen and oxygen atoms in total. The molecule has 1 aliphatic carbocycles. The van der Waals surface area contributed by atoms with Crippen LogP contribution in [0, 0.1) is 11.6 Å². The van der Waals surface area contributed by atoms with E-state index in [4.69, 9.17) is 4.74 Å². The van der Waals surface area contributed by atoms with Crippen LogP contribution in [0.1, 0.15) is 52.0 Å². The Kier molecular flexibility index (Phi) is 5.45. The Morgan fingerprint density at radius 2 is 1.79 bits per heavy atom. The third-order valence-electron chi connectivity index (χ3n) is 6.29. The maximum absolute atomic E-state index is 14.0. The molecule has 0 bridgehead atoms. The van der Waals surface area contributed by atoms with Gasteiger partial charge in [-0.15, -0.1) is 0 Å². The summed E-state index contributed by atoms with van der Waals surface area (Å²) in [5.41, 5.74) is 1.56. The van der Waals surface area contributed by atoms with Gasteiger partial charge in [-0.2, -0.15) is 0 Å². The van der Waals surface area contributed by atoms with Gasteiger partial charge < -0.3 is 19.1 Å². The van der Waals surface area contributed by atoms with E-state index in [0.29, 0.717) is 36.9 Å². The van der Waals surface area contributed by atoms with Crippen molar-refractivity contribution in [3.8, 4) is 5.69 Å². The molecule has 2 fully saturated rings. The second kappa shape index (κ2) is 8.21. The number of carbonyl (C=O) groups is 1. The molecule has 1 amide bonds. The number of ether oxygens (including phenoxy) is 1. The SMILES string of the molecule is C[C@H]1CN(c2ncnc3c2c(C2CC2)cn3-c2cc(F)cc(F)c2)CCN1C(=O)OC(C)(C)C. The second-order valence-electron chi connectivity index (χ2n) is 10.2. The van der Waals surface area contributed by atoms with Crippen molar-refractivity contribution < 1.29 is 18.3 Å². The van der Waals surface area contributed by atoms with Crippen LogP contribution in [-0.2, 0) is 4.74 Å². The summed E-state index contributed by atoms with van der Waals surface area (Å²) in [6.07, 6.45) is 5.24. The summed E-state index contributed by atoms with van der Waals surface area (Å²) in [6, 6.07) is 3.41. The monoisotopic (exact) mass is 469 g/mol. The zero-order valence-corrected chi connectivity index (χ0v) is 19.9. The van der Waals surface area contributed by atoms with Crippen LogP contribution in [0.4, 0.5) is 19.4 Å². The van der Waals surface area contributed by atoms with E-state index in [9.17, 15) is 13.6 Å². The molecule has 180 valence electrons. The average molecular weight is 470 g/mol. The van der Waals surface area contributed by atoms with E-state index in [-0.39, 0.29) is 12.1 Å². The van der Waals surface area contributed by atoms with Crippen LogP contribution < -0.4 is 4.90 Å². The number of aromatic nitrogens is 3. The summed E-state index contributed by atoms with van der Waals surface area (Å²) >= 11 is 0. The molecular weight excluding hydrogens is 440 g/mol. The number of nitrogens with zero attached hydrogens (tertiary/aromatic N) is 5. The molecule has 1 saturated heterocycles. The van der Waals surface area contributed by atoms with Crippen molar-refractivity contribution in [1.82, 2.24) is 19.4 Å². The molecule has 1 aliphatic heterocycles. The topological polar surface area (TPSA) is 63.5 Å². The number of hydrogen-bond donors (Lipinski definition) is 0. The minimum absolute atomic E-state index is 0.0719. The highest BCUT2D eigenvalue weighted by molar-refractivity contribution is 5.93. The van der Waals surface area contributed by atoms with Crippen LogP contribution in [-0.4, -0.2) is 56.8 Å². The molecule has 1 atom stereocenters. The van der Waals surface area contributed by atoms with Gasteiger partial charge in [0.05, 0.1) is 11.1 Å². The number of benzene rings is 1. The molecule has 3 heterocycles. The van der Waals surface area contributed by atoms with Crippen molar-refractivity contribution in [2.75, 3.05) is 24.5 Å². The van der Waals surface area contributed by atoms with Crippen LogP contribution in [0.15, 0.2) is 30.7 Å². The molecule has 34 heavy (non-hydrogen) atoms. The minimum atomic E-state index is -0.633. The summed E-state index contributed by atoms with van der Waals surface area (Å²) < 4.78 is 35.3. The molecule has 0 unspecified atom stereocenters. The van der Waals surface area contributed by atoms with E-state index < -0.39 is 17.2 Å². The summed E-state index contributed by atoms with van der Waals surface area (Å²) in [5, 5.41) is 0.910. The van der Waals surface area contributed by atoms with Gasteiger partial charge in [0.15, 0.2) is 0 Å². The van der Waals surface area contributed by atoms with Gasteiger partial charge >= 0.3 is 6.09 Å². The number of piperazine rings is 1. The molecular formula is C25H29F2N5O2. The van der Waals surface area contributed by atoms with Crippen molar-refractivity contribution in [1.29, 1.82) is 0 Å². The normalized spacial score (nSPS) is 19.1. The van der Waals surface area contributed by atoms with E-state index in [1.54, 1.807) is 9.47 Å². The zero-order chi connectivity index (χ0) is 24.2. The van der Waals surface area contributed by atoms with E-state index in [2.05, 4.69) is 14.9 Å². The predicted molar refractivity (Wildman–Crippen MR) is 125 cm³/mol. The standard InChI is InChI=1S/C25H29F2N5O2/c1-15-12-30(7-8-31(15)24(33)34-25(2,3)4)22-21-20(16-5-6-16)13-32(23(21)29-14-28-22)19-10-17(26)9-18(27)11-19/h9-11,13-16H,5-8,12H2,1-4H3/t15-/m0/s1. The molecule has 2 aromatic heterocycles. The average Bonchev–Trinajstić information content (AvgIpc) is 3.51. The zero-order valence-electron chi connectivity index (χ0n) is 19.9. The molecule has 0 spiro atoms. The molecule has 0 N–H and O–H groups in total. The summed E-state index contributed by atoms with van der Waals surface area (Å²) in [7, 11) is 0. The Balaban J connectivity index is 1.50. The van der Waals surface area contributed by atoms with Gasteiger partial charge in [-0.05, 0) is 64.2 Å². The van der Waals surface area contributed by atoms with Crippen LogP contribution >= 0.6 is 0 Å². The van der Waals surface area contributed by atoms with Crippen LogP contribution in [0.3, 0.4) is 0 Å². The van der Waals surface area contributed by atoms with Gasteiger partial charge in [-0.1, -0.05) is 0 Å². The molecule has 9 heteroatoms. The van der Waals surface area contributed by atoms with Crippen LogP contribution in [0.25, 0.3) is 16.7 Å². The third kappa shape index (κ3) is 4.31. The van der Waals surface area contributed by atoms with Crippen LogP contribution in [0.5, 0.6) is 0 Å². The number of hydrogen-bond acceptors (Lipinski definition) is 5. The fraction of sp³-hybridized carbons (Fsp3) is 0.480. The molecule has 2 aliphatic rings. The lowest BCUT2D eigenvalue weighted by Crippen LogP contribution is -2.55. The first-order chi connectivity index (χ1) is 16.1. The summed E-state index contributed by atoms with van der Waals surface area (Å²) in [4.78, 5) is 25.7. The van der Waals surface area contributed by atoms with Crippen LogP contribution in [0.2, 0.25) is 0 Å². The highest BCUT2D eigenvalue weighted by atomic mass is 19.1. The lowest BCUT2D eigenvalue weighted by atomic mass is 10.1. The van der Waals surface area contributed by atoms with Gasteiger partial charge in [0, 0.05) is 37.9 Å². The highest BCUT2D eigenvalue weighted by Gasteiger charge is 2.34. The van der Waals surface area contributed by atoms with Gasteiger partial charge in [0.25, 0.3) is 0 Å². The molecule has 1 saturated carbocycles. The molecule has 5 rings (SSSR count). The number of amides is 1. The van der Waals surface area contributed by atoms with E-state index in [1.165, 1.54) is 18.5 Å². The fourth-order valence-electron chi connectivity index (χ4n) is 4.63. The Bertz CT molecular complexity index is 1230. The first kappa shape index (κ1) is 22.6. The summed E-state index contributed by atoms with van der Waals surface area (Å²) in [6.45, 7) is 9.27. The van der Waals surface area contributed by atoms with E-state index in [0.717, 1.165) is 35.7 Å². The maximum Gasteiger partial charge on any atom is 0.410 e. The van der Waals surface area contributed by atoms with Gasteiger partial charge in [-0.25, -0.2) is 23.5 Å². The fourth-order valence-corrected chi connectivity index (χ4v) is 4.63. The van der Waals surface area contributed by atoms with Gasteiger partial charge in [-0.3, -0.25) is 0 Å². The second-order valence-corrected chi connectivity index (χ2v) is 10.2. The largest absolute Gasteiger partial charge is 0.444 e. The van der Waals surface area contributed by atoms with Gasteiger partial charge in [0.1, 0.15) is 35.0 Å². The Morgan fingerprint density at radius 3 is 2.41 bits per heavy atom. The minimum Gasteiger partial charge on any atom is -0.444 e.